The largest absolute Gasteiger partial charge is 0.352 e. The second-order valence-corrected chi connectivity index (χ2v) is 6.46. The molecule has 1 aliphatic heterocycles. The van der Waals surface area contributed by atoms with Crippen LogP contribution in [0.3, 0.4) is 0 Å². The van der Waals surface area contributed by atoms with Gasteiger partial charge in [-0.1, -0.05) is 12.1 Å². The van der Waals surface area contributed by atoms with E-state index in [4.69, 9.17) is 0 Å². The minimum Gasteiger partial charge on any atom is -0.352 e. The molecule has 1 aromatic carbocycles. The van der Waals surface area contributed by atoms with Gasteiger partial charge in [-0.3, -0.25) is 4.79 Å². The summed E-state index contributed by atoms with van der Waals surface area (Å²) in [4.78, 5) is 13.5. The van der Waals surface area contributed by atoms with E-state index in [1.807, 2.05) is 0 Å². The van der Waals surface area contributed by atoms with Crippen LogP contribution in [0.25, 0.3) is 0 Å². The lowest BCUT2D eigenvalue weighted by molar-refractivity contribution is -0.126. The number of carbonyl (C=O) groups excluding carboxylic acids is 1. The zero-order valence-electron chi connectivity index (χ0n) is 12.5. The Hall–Kier alpha value is -1.00. The smallest absolute Gasteiger partial charge is 0.223 e. The summed E-state index contributed by atoms with van der Waals surface area (Å²) in [5.41, 5.74) is 2.47. The molecule has 1 aromatic rings. The molecule has 0 unspecified atom stereocenters. The quantitative estimate of drug-likeness (QED) is 0.838. The lowest BCUT2D eigenvalue weighted by Crippen LogP contribution is -2.42. The Morgan fingerprint density at radius 2 is 2.30 bits per heavy atom. The first kappa shape index (κ1) is 15.4. The molecule has 20 heavy (non-hydrogen) atoms. The van der Waals surface area contributed by atoms with Crippen LogP contribution in [0.2, 0.25) is 0 Å². The van der Waals surface area contributed by atoms with Crippen LogP contribution in [-0.2, 0) is 11.3 Å². The third-order valence-corrected chi connectivity index (χ3v) is 4.71. The van der Waals surface area contributed by atoms with Gasteiger partial charge in [0.25, 0.3) is 0 Å². The van der Waals surface area contributed by atoms with Crippen molar-refractivity contribution in [2.45, 2.75) is 44.2 Å². The molecule has 0 saturated carbocycles. The number of thioether (sulfide) groups is 1. The molecule has 3 nitrogen and oxygen atoms in total. The van der Waals surface area contributed by atoms with Crippen molar-refractivity contribution in [3.05, 3.63) is 29.3 Å². The van der Waals surface area contributed by atoms with Crippen LogP contribution >= 0.6 is 11.8 Å². The van der Waals surface area contributed by atoms with E-state index in [9.17, 15) is 4.79 Å². The van der Waals surface area contributed by atoms with Gasteiger partial charge in [0.2, 0.25) is 5.91 Å². The van der Waals surface area contributed by atoms with E-state index in [-0.39, 0.29) is 11.8 Å². The van der Waals surface area contributed by atoms with Crippen LogP contribution in [0.5, 0.6) is 0 Å². The molecule has 2 N–H and O–H groups in total. The molecule has 110 valence electrons. The summed E-state index contributed by atoms with van der Waals surface area (Å²) in [6.45, 7) is 5.82. The third-order valence-electron chi connectivity index (χ3n) is 3.89. The fourth-order valence-electron chi connectivity index (χ4n) is 2.69. The zero-order chi connectivity index (χ0) is 14.5. The lowest BCUT2D eigenvalue weighted by atomic mass is 9.92. The number of amides is 1. The fourth-order valence-corrected chi connectivity index (χ4v) is 3.40. The molecule has 2 atom stereocenters. The average Bonchev–Trinajstić information content (AvgIpc) is 2.45. The van der Waals surface area contributed by atoms with Crippen molar-refractivity contribution in [2.24, 2.45) is 5.92 Å². The Labute approximate surface area is 125 Å². The van der Waals surface area contributed by atoms with Gasteiger partial charge in [-0.05, 0) is 56.7 Å². The number of nitrogens with one attached hydrogen (secondary N) is 2. The molecule has 0 radical (unpaired) electrons. The number of hydrogen-bond donors (Lipinski definition) is 2. The Bertz CT molecular complexity index is 476. The summed E-state index contributed by atoms with van der Waals surface area (Å²) in [6, 6.07) is 6.85. The molecule has 0 aliphatic carbocycles. The molecule has 0 bridgehead atoms. The second kappa shape index (κ2) is 7.14. The van der Waals surface area contributed by atoms with Crippen molar-refractivity contribution < 1.29 is 4.79 Å². The maximum Gasteiger partial charge on any atom is 0.223 e. The van der Waals surface area contributed by atoms with Crippen molar-refractivity contribution in [3.8, 4) is 0 Å². The van der Waals surface area contributed by atoms with Crippen LogP contribution in [0.1, 0.15) is 30.9 Å². The fraction of sp³-hybridized carbons (Fsp3) is 0.562. The van der Waals surface area contributed by atoms with E-state index < -0.39 is 0 Å². The van der Waals surface area contributed by atoms with Gasteiger partial charge in [0.1, 0.15) is 0 Å². The lowest BCUT2D eigenvalue weighted by Gasteiger charge is -2.27. The van der Waals surface area contributed by atoms with Crippen molar-refractivity contribution >= 4 is 17.7 Å². The van der Waals surface area contributed by atoms with E-state index in [2.05, 4.69) is 48.9 Å². The van der Waals surface area contributed by atoms with Crippen LogP contribution in [0.15, 0.2) is 23.1 Å². The van der Waals surface area contributed by atoms with Crippen LogP contribution in [-0.4, -0.2) is 24.7 Å². The molecule has 0 spiro atoms. The topological polar surface area (TPSA) is 41.1 Å². The van der Waals surface area contributed by atoms with Crippen molar-refractivity contribution in [1.29, 1.82) is 0 Å². The molecule has 0 aromatic heterocycles. The molecule has 1 amide bonds. The van der Waals surface area contributed by atoms with Gasteiger partial charge in [-0.15, -0.1) is 11.8 Å². The van der Waals surface area contributed by atoms with Crippen molar-refractivity contribution in [2.75, 3.05) is 12.8 Å². The summed E-state index contributed by atoms with van der Waals surface area (Å²) in [6.07, 6.45) is 3.96. The minimum absolute atomic E-state index is 0.162. The normalized spacial score (nSPS) is 22.6. The summed E-state index contributed by atoms with van der Waals surface area (Å²) in [7, 11) is 0. The number of benzene rings is 1. The molecule has 4 heteroatoms. The Kier molecular flexibility index (Phi) is 5.49. The highest BCUT2D eigenvalue weighted by molar-refractivity contribution is 7.98. The molecular formula is C16H24N2OS. The van der Waals surface area contributed by atoms with Crippen LogP contribution in [0, 0.1) is 12.8 Å². The standard InChI is InChI=1S/C16H24N2OS/c1-11-4-5-14(15(8-11)20-3)10-18-16(19)13-6-7-17-12(2)9-13/h4-5,8,12-13,17H,6-7,9-10H2,1-3H3,(H,18,19)/t12-,13-/m0/s1. The van der Waals surface area contributed by atoms with E-state index in [0.717, 1.165) is 19.4 Å². The number of aryl methyl sites for hydroxylation is 1. The monoisotopic (exact) mass is 292 g/mol. The molecule has 2 rings (SSSR count). The number of carbonyl (C=O) groups is 1. The van der Waals surface area contributed by atoms with Crippen LogP contribution in [0.4, 0.5) is 0 Å². The highest BCUT2D eigenvalue weighted by atomic mass is 32.2. The predicted octanol–water partition coefficient (Wildman–Crippen LogP) is 2.72. The summed E-state index contributed by atoms with van der Waals surface area (Å²) < 4.78 is 0. The first-order valence-corrected chi connectivity index (χ1v) is 8.47. The summed E-state index contributed by atoms with van der Waals surface area (Å²) >= 11 is 1.74. The van der Waals surface area contributed by atoms with Crippen molar-refractivity contribution in [1.82, 2.24) is 10.6 Å². The first-order chi connectivity index (χ1) is 9.60. The zero-order valence-corrected chi connectivity index (χ0v) is 13.3. The Balaban J connectivity index is 1.93. The second-order valence-electron chi connectivity index (χ2n) is 5.61. The predicted molar refractivity (Wildman–Crippen MR) is 85.0 cm³/mol. The van der Waals surface area contributed by atoms with Gasteiger partial charge < -0.3 is 10.6 Å². The number of hydrogen-bond acceptors (Lipinski definition) is 3. The molecular weight excluding hydrogens is 268 g/mol. The van der Waals surface area contributed by atoms with Gasteiger partial charge in [0.05, 0.1) is 0 Å². The maximum atomic E-state index is 12.2. The van der Waals surface area contributed by atoms with Crippen LogP contribution < -0.4 is 10.6 Å². The van der Waals surface area contributed by atoms with Crippen molar-refractivity contribution in [3.63, 3.8) is 0 Å². The van der Waals surface area contributed by atoms with E-state index in [0.29, 0.717) is 12.6 Å². The highest BCUT2D eigenvalue weighted by Crippen LogP contribution is 2.22. The summed E-state index contributed by atoms with van der Waals surface area (Å²) in [5, 5.41) is 6.49. The van der Waals surface area contributed by atoms with E-state index in [1.54, 1.807) is 11.8 Å². The number of piperidine rings is 1. The SMILES string of the molecule is CSc1cc(C)ccc1CNC(=O)[C@H]1CCN[C@@H](C)C1. The van der Waals surface area contributed by atoms with E-state index >= 15 is 0 Å². The Morgan fingerprint density at radius 1 is 1.50 bits per heavy atom. The van der Waals surface area contributed by atoms with E-state index in [1.165, 1.54) is 16.0 Å². The Morgan fingerprint density at radius 3 is 3.00 bits per heavy atom. The third kappa shape index (κ3) is 4.00. The van der Waals surface area contributed by atoms with Gasteiger partial charge in [0, 0.05) is 23.4 Å². The van der Waals surface area contributed by atoms with Gasteiger partial charge in [-0.2, -0.15) is 0 Å². The first-order valence-electron chi connectivity index (χ1n) is 7.24. The average molecular weight is 292 g/mol. The van der Waals surface area contributed by atoms with Gasteiger partial charge in [-0.25, -0.2) is 0 Å². The molecule has 1 heterocycles. The molecule has 1 aliphatic rings. The number of rotatable bonds is 4. The molecule has 1 saturated heterocycles. The summed E-state index contributed by atoms with van der Waals surface area (Å²) in [5.74, 6) is 0.361. The minimum atomic E-state index is 0.162. The van der Waals surface area contributed by atoms with Gasteiger partial charge in [0.15, 0.2) is 0 Å². The maximum absolute atomic E-state index is 12.2. The molecule has 1 fully saturated rings. The van der Waals surface area contributed by atoms with Gasteiger partial charge >= 0.3 is 0 Å². The highest BCUT2D eigenvalue weighted by Gasteiger charge is 2.24.